The maximum Gasteiger partial charge on any atom is 0.219 e. The maximum atomic E-state index is 11.6. The van der Waals surface area contributed by atoms with E-state index >= 15 is 0 Å². The lowest BCUT2D eigenvalue weighted by molar-refractivity contribution is -0.136. The summed E-state index contributed by atoms with van der Waals surface area (Å²) in [6.45, 7) is 3.16. The molecule has 114 valence electrons. The molecule has 0 unspecified atom stereocenters. The first kappa shape index (κ1) is 14.9. The third-order valence-electron chi connectivity index (χ3n) is 3.64. The van der Waals surface area contributed by atoms with E-state index in [2.05, 4.69) is 9.97 Å². The van der Waals surface area contributed by atoms with Gasteiger partial charge in [-0.25, -0.2) is 0 Å². The Balaban J connectivity index is 1.96. The first-order chi connectivity index (χ1) is 10.6. The van der Waals surface area contributed by atoms with Crippen LogP contribution >= 0.6 is 11.6 Å². The van der Waals surface area contributed by atoms with Crippen molar-refractivity contribution in [2.45, 2.75) is 13.0 Å². The summed E-state index contributed by atoms with van der Waals surface area (Å²) in [5.74, 6) is 0.0431. The zero-order valence-corrected chi connectivity index (χ0v) is 13.0. The van der Waals surface area contributed by atoms with E-state index in [4.69, 9.17) is 16.3 Å². The second kappa shape index (κ2) is 6.42. The van der Waals surface area contributed by atoms with Crippen LogP contribution in [-0.4, -0.2) is 40.5 Å². The highest BCUT2D eigenvalue weighted by atomic mass is 35.5. The molecule has 1 atom stereocenters. The summed E-state index contributed by atoms with van der Waals surface area (Å²) in [7, 11) is 0. The van der Waals surface area contributed by atoms with Crippen LogP contribution < -0.4 is 0 Å². The van der Waals surface area contributed by atoms with Gasteiger partial charge in [0.1, 0.15) is 6.10 Å². The highest BCUT2D eigenvalue weighted by Gasteiger charge is 2.27. The Kier molecular flexibility index (Phi) is 4.36. The molecule has 2 aromatic rings. The number of hydrogen-bond donors (Lipinski definition) is 0. The monoisotopic (exact) mass is 317 g/mol. The molecule has 0 spiro atoms. The molecule has 0 N–H and O–H groups in total. The van der Waals surface area contributed by atoms with Crippen molar-refractivity contribution in [1.82, 2.24) is 14.9 Å². The van der Waals surface area contributed by atoms with Gasteiger partial charge in [0.15, 0.2) is 0 Å². The lowest BCUT2D eigenvalue weighted by atomic mass is 10.1. The van der Waals surface area contributed by atoms with E-state index < -0.39 is 0 Å². The van der Waals surface area contributed by atoms with Gasteiger partial charge >= 0.3 is 0 Å². The van der Waals surface area contributed by atoms with E-state index in [-0.39, 0.29) is 12.0 Å². The van der Waals surface area contributed by atoms with Crippen LogP contribution in [0.5, 0.6) is 0 Å². The first-order valence-corrected chi connectivity index (χ1v) is 7.47. The number of rotatable bonds is 2. The number of hydrogen-bond acceptors (Lipinski definition) is 4. The van der Waals surface area contributed by atoms with Crippen molar-refractivity contribution < 1.29 is 9.53 Å². The summed E-state index contributed by atoms with van der Waals surface area (Å²) >= 11 is 6.07. The zero-order chi connectivity index (χ0) is 15.5. The lowest BCUT2D eigenvalue weighted by Crippen LogP contribution is -2.41. The van der Waals surface area contributed by atoms with E-state index in [1.165, 1.54) is 0 Å². The quantitative estimate of drug-likeness (QED) is 0.854. The van der Waals surface area contributed by atoms with Crippen LogP contribution in [0.25, 0.3) is 11.3 Å². The lowest BCUT2D eigenvalue weighted by Gasteiger charge is -2.32. The minimum atomic E-state index is -0.277. The predicted octanol–water partition coefficient (Wildman–Crippen LogP) is 2.72. The molecule has 1 saturated heterocycles. The van der Waals surface area contributed by atoms with Gasteiger partial charge in [0.25, 0.3) is 0 Å². The van der Waals surface area contributed by atoms with Crippen LogP contribution in [0.15, 0.2) is 36.7 Å². The average molecular weight is 318 g/mol. The van der Waals surface area contributed by atoms with Gasteiger partial charge in [0, 0.05) is 36.4 Å². The summed E-state index contributed by atoms with van der Waals surface area (Å²) < 4.78 is 5.81. The number of carbonyl (C=O) groups is 1. The predicted molar refractivity (Wildman–Crippen MR) is 83.4 cm³/mol. The molecular formula is C16H16ClN3O2. The highest BCUT2D eigenvalue weighted by molar-refractivity contribution is 6.30. The molecule has 0 saturated carbocycles. The number of carbonyl (C=O) groups excluding carboxylic acids is 1. The van der Waals surface area contributed by atoms with Crippen LogP contribution in [-0.2, 0) is 9.53 Å². The Labute approximate surface area is 133 Å². The van der Waals surface area contributed by atoms with Gasteiger partial charge in [0.05, 0.1) is 24.5 Å². The molecule has 1 aliphatic rings. The van der Waals surface area contributed by atoms with Gasteiger partial charge in [-0.15, -0.1) is 0 Å². The molecule has 1 aromatic carbocycles. The summed E-state index contributed by atoms with van der Waals surface area (Å²) in [5.41, 5.74) is 2.36. The van der Waals surface area contributed by atoms with E-state index in [9.17, 15) is 4.79 Å². The fraction of sp³-hybridized carbons (Fsp3) is 0.312. The van der Waals surface area contributed by atoms with Gasteiger partial charge in [-0.2, -0.15) is 0 Å². The maximum absolute atomic E-state index is 11.6. The van der Waals surface area contributed by atoms with Gasteiger partial charge in [0.2, 0.25) is 5.91 Å². The molecule has 6 heteroatoms. The van der Waals surface area contributed by atoms with Crippen LogP contribution in [0.2, 0.25) is 5.02 Å². The van der Waals surface area contributed by atoms with Crippen molar-refractivity contribution in [3.8, 4) is 11.3 Å². The molecule has 5 nitrogen and oxygen atoms in total. The number of ether oxygens (including phenoxy) is 1. The van der Waals surface area contributed by atoms with E-state index in [0.29, 0.717) is 24.7 Å². The molecule has 0 aliphatic carbocycles. The molecule has 0 radical (unpaired) electrons. The average Bonchev–Trinajstić information content (AvgIpc) is 2.55. The fourth-order valence-corrected chi connectivity index (χ4v) is 2.73. The van der Waals surface area contributed by atoms with E-state index in [1.54, 1.807) is 24.2 Å². The number of benzene rings is 1. The number of morpholine rings is 1. The standard InChI is InChI=1S/C16H16ClN3O2/c1-11(21)20-7-8-22-14(10-20)16-15(18-5-6-19-16)12-3-2-4-13(17)9-12/h2-6,9,14H,7-8,10H2,1H3/t14-/m1/s1. The Morgan fingerprint density at radius 1 is 1.36 bits per heavy atom. The molecular weight excluding hydrogens is 302 g/mol. The van der Waals surface area contributed by atoms with Crippen molar-refractivity contribution in [3.05, 3.63) is 47.4 Å². The Morgan fingerprint density at radius 2 is 2.18 bits per heavy atom. The third kappa shape index (κ3) is 3.10. The summed E-state index contributed by atoms with van der Waals surface area (Å²) in [5, 5.41) is 0.643. The number of aromatic nitrogens is 2. The largest absolute Gasteiger partial charge is 0.368 e. The van der Waals surface area contributed by atoms with E-state index in [1.807, 2.05) is 24.3 Å². The van der Waals surface area contributed by atoms with Crippen LogP contribution in [0.3, 0.4) is 0 Å². The Hall–Kier alpha value is -1.98. The number of amides is 1. The topological polar surface area (TPSA) is 55.3 Å². The second-order valence-corrected chi connectivity index (χ2v) is 5.56. The van der Waals surface area contributed by atoms with Gasteiger partial charge in [-0.05, 0) is 12.1 Å². The first-order valence-electron chi connectivity index (χ1n) is 7.09. The fourth-order valence-electron chi connectivity index (χ4n) is 2.54. The van der Waals surface area contributed by atoms with Gasteiger partial charge in [-0.1, -0.05) is 23.7 Å². The van der Waals surface area contributed by atoms with Crippen molar-refractivity contribution in [2.24, 2.45) is 0 Å². The van der Waals surface area contributed by atoms with Crippen molar-refractivity contribution in [2.75, 3.05) is 19.7 Å². The molecule has 1 aromatic heterocycles. The van der Waals surface area contributed by atoms with E-state index in [0.717, 1.165) is 17.0 Å². The summed E-state index contributed by atoms with van der Waals surface area (Å²) in [4.78, 5) is 22.2. The Morgan fingerprint density at radius 3 is 2.95 bits per heavy atom. The minimum absolute atomic E-state index is 0.0431. The smallest absolute Gasteiger partial charge is 0.219 e. The SMILES string of the molecule is CC(=O)N1CCO[C@@H](c2nccnc2-c2cccc(Cl)c2)C1. The number of halogens is 1. The molecule has 1 amide bonds. The van der Waals surface area contributed by atoms with Crippen molar-refractivity contribution in [1.29, 1.82) is 0 Å². The van der Waals surface area contributed by atoms with Crippen molar-refractivity contribution >= 4 is 17.5 Å². The molecule has 22 heavy (non-hydrogen) atoms. The normalized spacial score (nSPS) is 18.3. The zero-order valence-electron chi connectivity index (χ0n) is 12.2. The van der Waals surface area contributed by atoms with Gasteiger partial charge in [-0.3, -0.25) is 14.8 Å². The van der Waals surface area contributed by atoms with Crippen LogP contribution in [0, 0.1) is 0 Å². The van der Waals surface area contributed by atoms with Crippen LogP contribution in [0.4, 0.5) is 0 Å². The summed E-state index contributed by atoms with van der Waals surface area (Å²) in [6, 6.07) is 7.47. The number of nitrogens with zero attached hydrogens (tertiary/aromatic N) is 3. The highest BCUT2D eigenvalue weighted by Crippen LogP contribution is 2.30. The second-order valence-electron chi connectivity index (χ2n) is 5.13. The van der Waals surface area contributed by atoms with Crippen LogP contribution in [0.1, 0.15) is 18.7 Å². The van der Waals surface area contributed by atoms with Crippen molar-refractivity contribution in [3.63, 3.8) is 0 Å². The molecule has 3 rings (SSSR count). The molecule has 1 aliphatic heterocycles. The molecule has 2 heterocycles. The Bertz CT molecular complexity index is 693. The molecule has 1 fully saturated rings. The molecule has 0 bridgehead atoms. The minimum Gasteiger partial charge on any atom is -0.368 e. The third-order valence-corrected chi connectivity index (χ3v) is 3.88. The van der Waals surface area contributed by atoms with Gasteiger partial charge < -0.3 is 9.64 Å². The summed E-state index contributed by atoms with van der Waals surface area (Å²) in [6.07, 6.45) is 3.01.